The van der Waals surface area contributed by atoms with Gasteiger partial charge < -0.3 is 19.3 Å². The second kappa shape index (κ2) is 9.20. The van der Waals surface area contributed by atoms with E-state index in [9.17, 15) is 4.79 Å². The third-order valence-corrected chi connectivity index (χ3v) is 5.90. The molecule has 1 heterocycles. The molecule has 7 heteroatoms. The van der Waals surface area contributed by atoms with E-state index in [2.05, 4.69) is 22.6 Å². The number of aromatic nitrogens is 2. The largest absolute Gasteiger partial charge is 0.496 e. The van der Waals surface area contributed by atoms with E-state index < -0.39 is 5.41 Å². The Morgan fingerprint density at radius 3 is 2.55 bits per heavy atom. The molecule has 7 nitrogen and oxygen atoms in total. The maximum atomic E-state index is 11.8. The van der Waals surface area contributed by atoms with Gasteiger partial charge in [-0.25, -0.2) is 4.79 Å². The Morgan fingerprint density at radius 2 is 1.84 bits per heavy atom. The second-order valence-electron chi connectivity index (χ2n) is 7.71. The smallest absolute Gasteiger partial charge is 0.407 e. The number of carbonyl (C=O) groups is 1. The van der Waals surface area contributed by atoms with Gasteiger partial charge in [-0.3, -0.25) is 0 Å². The summed E-state index contributed by atoms with van der Waals surface area (Å²) in [6.07, 6.45) is 2.48. The van der Waals surface area contributed by atoms with E-state index in [1.54, 1.807) is 7.11 Å². The van der Waals surface area contributed by atoms with Crippen LogP contribution in [0, 0.1) is 0 Å². The number of hydrogen-bond donors (Lipinski definition) is 1. The van der Waals surface area contributed by atoms with Crippen LogP contribution in [0.25, 0.3) is 11.5 Å². The van der Waals surface area contributed by atoms with Crippen LogP contribution in [0.4, 0.5) is 4.79 Å². The van der Waals surface area contributed by atoms with E-state index in [1.165, 1.54) is 0 Å². The number of amides is 1. The molecular weight excluding hydrogens is 394 g/mol. The van der Waals surface area contributed by atoms with E-state index >= 15 is 0 Å². The number of alkyl carbamates (subject to hydrolysis) is 1. The molecule has 3 aromatic rings. The zero-order chi connectivity index (χ0) is 21.7. The summed E-state index contributed by atoms with van der Waals surface area (Å²) in [6, 6.07) is 17.8. The first-order chi connectivity index (χ1) is 15.2. The molecule has 0 unspecified atom stereocenters. The Hall–Kier alpha value is -3.35. The van der Waals surface area contributed by atoms with Gasteiger partial charge >= 0.3 is 6.09 Å². The van der Waals surface area contributed by atoms with Gasteiger partial charge in [-0.2, -0.15) is 4.98 Å². The molecule has 0 bridgehead atoms. The Bertz CT molecular complexity index is 1010. The molecule has 31 heavy (non-hydrogen) atoms. The molecule has 1 aliphatic carbocycles. The zero-order valence-electron chi connectivity index (χ0n) is 17.8. The Morgan fingerprint density at radius 1 is 1.13 bits per heavy atom. The first-order valence-electron chi connectivity index (χ1n) is 10.6. The van der Waals surface area contributed by atoms with Crippen molar-refractivity contribution in [2.45, 2.75) is 44.1 Å². The van der Waals surface area contributed by atoms with Gasteiger partial charge in [0.25, 0.3) is 5.89 Å². The fourth-order valence-corrected chi connectivity index (χ4v) is 4.29. The Kier molecular flexibility index (Phi) is 6.21. The number of carbonyl (C=O) groups excluding carboxylic acids is 1. The third-order valence-electron chi connectivity index (χ3n) is 5.90. The minimum Gasteiger partial charge on any atom is -0.496 e. The number of nitrogens with one attached hydrogen (secondary N) is 1. The molecule has 1 amide bonds. The average molecular weight is 421 g/mol. The molecule has 1 fully saturated rings. The molecule has 162 valence electrons. The lowest BCUT2D eigenvalue weighted by Gasteiger charge is -2.38. The monoisotopic (exact) mass is 421 g/mol. The van der Waals surface area contributed by atoms with E-state index in [4.69, 9.17) is 19.0 Å². The lowest BCUT2D eigenvalue weighted by Crippen LogP contribution is -2.38. The summed E-state index contributed by atoms with van der Waals surface area (Å²) in [7, 11) is 1.62. The van der Waals surface area contributed by atoms with E-state index in [-0.39, 0.29) is 12.2 Å². The van der Waals surface area contributed by atoms with Crippen LogP contribution >= 0.6 is 0 Å². The maximum absolute atomic E-state index is 11.8. The molecule has 0 atom stereocenters. The number of methoxy groups -OCH3 is 1. The molecule has 0 aliphatic heterocycles. The normalized spacial score (nSPS) is 20.8. The van der Waals surface area contributed by atoms with Gasteiger partial charge in [0.1, 0.15) is 11.9 Å². The summed E-state index contributed by atoms with van der Waals surface area (Å²) in [5.74, 6) is 1.77. The standard InChI is InChI=1S/C24H27N3O4/c1-3-25-23(28)30-18-13-15-24(16-14-18,17-9-5-4-6-10-17)22-26-21(31-27-22)19-11-7-8-12-20(19)29-2/h4-12,18H,3,13-16H2,1-2H3,(H,25,28). The van der Waals surface area contributed by atoms with Crippen molar-refractivity contribution in [1.82, 2.24) is 15.5 Å². The second-order valence-corrected chi connectivity index (χ2v) is 7.71. The van der Waals surface area contributed by atoms with E-state index in [0.717, 1.165) is 36.8 Å². The number of nitrogens with zero attached hydrogens (tertiary/aromatic N) is 2. The van der Waals surface area contributed by atoms with Gasteiger partial charge in [0.15, 0.2) is 5.82 Å². The fraction of sp³-hybridized carbons (Fsp3) is 0.375. The lowest BCUT2D eigenvalue weighted by molar-refractivity contribution is 0.0618. The summed E-state index contributed by atoms with van der Waals surface area (Å²) in [5.41, 5.74) is 1.51. The highest BCUT2D eigenvalue weighted by Crippen LogP contribution is 2.45. The Balaban J connectivity index is 1.64. The van der Waals surface area contributed by atoms with Crippen LogP contribution in [0.1, 0.15) is 44.0 Å². The summed E-state index contributed by atoms with van der Waals surface area (Å²) >= 11 is 0. The van der Waals surface area contributed by atoms with Gasteiger partial charge in [-0.15, -0.1) is 0 Å². The van der Waals surface area contributed by atoms with Crippen LogP contribution in [0.5, 0.6) is 5.75 Å². The highest BCUT2D eigenvalue weighted by Gasteiger charge is 2.43. The average Bonchev–Trinajstić information content (AvgIpc) is 3.31. The van der Waals surface area contributed by atoms with Gasteiger partial charge in [0.2, 0.25) is 0 Å². The van der Waals surface area contributed by atoms with Crippen LogP contribution in [-0.2, 0) is 10.2 Å². The first-order valence-corrected chi connectivity index (χ1v) is 10.6. The van der Waals surface area contributed by atoms with Crippen LogP contribution in [0.15, 0.2) is 59.1 Å². The summed E-state index contributed by atoms with van der Waals surface area (Å²) in [6.45, 7) is 2.42. The summed E-state index contributed by atoms with van der Waals surface area (Å²) < 4.78 is 16.7. The number of para-hydroxylation sites is 1. The molecule has 0 radical (unpaired) electrons. The van der Waals surface area contributed by atoms with E-state index in [0.29, 0.717) is 24.0 Å². The molecule has 1 saturated carbocycles. The number of benzene rings is 2. The predicted molar refractivity (Wildman–Crippen MR) is 116 cm³/mol. The van der Waals surface area contributed by atoms with Gasteiger partial charge in [0, 0.05) is 6.54 Å². The van der Waals surface area contributed by atoms with Gasteiger partial charge in [-0.05, 0) is 50.3 Å². The molecule has 1 aliphatic rings. The zero-order valence-corrected chi connectivity index (χ0v) is 17.8. The minimum atomic E-state index is -0.397. The van der Waals surface area contributed by atoms with Gasteiger partial charge in [0.05, 0.1) is 18.1 Å². The molecule has 1 N–H and O–H groups in total. The van der Waals surface area contributed by atoms with E-state index in [1.807, 2.05) is 49.4 Å². The fourth-order valence-electron chi connectivity index (χ4n) is 4.29. The SMILES string of the molecule is CCNC(=O)OC1CCC(c2ccccc2)(c2noc(-c3ccccc3OC)n2)CC1. The number of hydrogen-bond acceptors (Lipinski definition) is 6. The van der Waals surface area contributed by atoms with Crippen molar-refractivity contribution in [1.29, 1.82) is 0 Å². The van der Waals surface area contributed by atoms with Crippen molar-refractivity contribution in [2.24, 2.45) is 0 Å². The molecule has 2 aromatic carbocycles. The summed E-state index contributed by atoms with van der Waals surface area (Å²) in [5, 5.41) is 7.09. The quantitative estimate of drug-likeness (QED) is 0.620. The Labute approximate surface area is 181 Å². The summed E-state index contributed by atoms with van der Waals surface area (Å²) in [4.78, 5) is 16.6. The van der Waals surface area contributed by atoms with Crippen LogP contribution in [0.2, 0.25) is 0 Å². The number of rotatable bonds is 6. The van der Waals surface area contributed by atoms with Crippen molar-refractivity contribution in [2.75, 3.05) is 13.7 Å². The van der Waals surface area contributed by atoms with Crippen molar-refractivity contribution in [3.8, 4) is 17.2 Å². The topological polar surface area (TPSA) is 86.5 Å². The molecule has 0 saturated heterocycles. The van der Waals surface area contributed by atoms with Gasteiger partial charge in [-0.1, -0.05) is 47.6 Å². The first kappa shape index (κ1) is 20.9. The van der Waals surface area contributed by atoms with Crippen molar-refractivity contribution < 1.29 is 18.8 Å². The van der Waals surface area contributed by atoms with Crippen LogP contribution in [-0.4, -0.2) is 36.0 Å². The predicted octanol–water partition coefficient (Wildman–Crippen LogP) is 4.72. The lowest BCUT2D eigenvalue weighted by atomic mass is 9.68. The van der Waals surface area contributed by atoms with Crippen molar-refractivity contribution >= 4 is 6.09 Å². The van der Waals surface area contributed by atoms with Crippen molar-refractivity contribution in [3.05, 3.63) is 66.0 Å². The van der Waals surface area contributed by atoms with Crippen molar-refractivity contribution in [3.63, 3.8) is 0 Å². The van der Waals surface area contributed by atoms with Crippen LogP contribution < -0.4 is 10.1 Å². The third kappa shape index (κ3) is 4.26. The molecule has 1 aromatic heterocycles. The molecule has 4 rings (SSSR count). The molecule has 0 spiro atoms. The maximum Gasteiger partial charge on any atom is 0.407 e. The highest BCUT2D eigenvalue weighted by molar-refractivity contribution is 5.67. The molecular formula is C24H27N3O4. The minimum absolute atomic E-state index is 0.121. The highest BCUT2D eigenvalue weighted by atomic mass is 16.6. The van der Waals surface area contributed by atoms with Crippen LogP contribution in [0.3, 0.4) is 0 Å². The number of ether oxygens (including phenoxy) is 2.